The lowest BCUT2D eigenvalue weighted by molar-refractivity contribution is 0.299. The summed E-state index contributed by atoms with van der Waals surface area (Å²) in [6.07, 6.45) is 3.63. The van der Waals surface area contributed by atoms with Gasteiger partial charge in [-0.25, -0.2) is 4.39 Å². The Kier molecular flexibility index (Phi) is 5.27. The molecule has 0 bridgehead atoms. The van der Waals surface area contributed by atoms with E-state index in [-0.39, 0.29) is 16.9 Å². The van der Waals surface area contributed by atoms with Crippen molar-refractivity contribution in [2.75, 3.05) is 6.54 Å². The third kappa shape index (κ3) is 3.14. The minimum atomic E-state index is -0.291. The van der Waals surface area contributed by atoms with E-state index in [1.54, 1.807) is 0 Å². The summed E-state index contributed by atoms with van der Waals surface area (Å²) >= 11 is 9.29. The molecule has 1 saturated carbocycles. The Balaban J connectivity index is 2.36. The number of hydrogen-bond donors (Lipinski definition) is 1. The molecular weight excluding hydrogens is 329 g/mol. The second-order valence-corrected chi connectivity index (χ2v) is 6.60. The Morgan fingerprint density at radius 3 is 2.79 bits per heavy atom. The fourth-order valence-electron chi connectivity index (χ4n) is 3.16. The van der Waals surface area contributed by atoms with Crippen LogP contribution >= 0.6 is 27.5 Å². The largest absolute Gasteiger partial charge is 0.310 e. The van der Waals surface area contributed by atoms with Crippen molar-refractivity contribution in [1.29, 1.82) is 0 Å². The minimum absolute atomic E-state index is 0.0631. The Hall–Kier alpha value is -0.120. The van der Waals surface area contributed by atoms with Gasteiger partial charge in [-0.3, -0.25) is 0 Å². The SMILES string of the molecule is CCNC(c1ccc(Br)c(Cl)c1F)C1CCCC1C. The van der Waals surface area contributed by atoms with Gasteiger partial charge in [0.2, 0.25) is 0 Å². The van der Waals surface area contributed by atoms with Gasteiger partial charge in [0.1, 0.15) is 5.82 Å². The molecule has 3 atom stereocenters. The molecule has 0 spiro atoms. The third-order valence-corrected chi connectivity index (χ3v) is 5.44. The van der Waals surface area contributed by atoms with Crippen LogP contribution < -0.4 is 5.32 Å². The van der Waals surface area contributed by atoms with Gasteiger partial charge in [-0.1, -0.05) is 44.4 Å². The lowest BCUT2D eigenvalue weighted by Crippen LogP contribution is -2.30. The van der Waals surface area contributed by atoms with Crippen molar-refractivity contribution in [3.63, 3.8) is 0 Å². The van der Waals surface area contributed by atoms with Gasteiger partial charge in [-0.05, 0) is 46.8 Å². The van der Waals surface area contributed by atoms with Crippen LogP contribution in [0.5, 0.6) is 0 Å². The van der Waals surface area contributed by atoms with Crippen LogP contribution in [0, 0.1) is 17.7 Å². The highest BCUT2D eigenvalue weighted by Gasteiger charge is 2.33. The molecular formula is C15H20BrClFN. The fraction of sp³-hybridized carbons (Fsp3) is 0.600. The summed E-state index contributed by atoms with van der Waals surface area (Å²) in [6.45, 7) is 5.16. The normalized spacial score (nSPS) is 24.7. The third-order valence-electron chi connectivity index (χ3n) is 4.18. The predicted molar refractivity (Wildman–Crippen MR) is 82.0 cm³/mol. The van der Waals surface area contributed by atoms with E-state index in [0.717, 1.165) is 13.0 Å². The number of rotatable bonds is 4. The summed E-state index contributed by atoms with van der Waals surface area (Å²) in [5.41, 5.74) is 0.703. The van der Waals surface area contributed by atoms with E-state index in [1.165, 1.54) is 12.8 Å². The molecule has 1 aliphatic rings. The summed E-state index contributed by atoms with van der Waals surface area (Å²) in [4.78, 5) is 0. The first-order valence-electron chi connectivity index (χ1n) is 6.93. The molecule has 0 radical (unpaired) electrons. The average molecular weight is 349 g/mol. The second kappa shape index (κ2) is 6.55. The Bertz CT molecular complexity index is 452. The van der Waals surface area contributed by atoms with E-state index in [1.807, 2.05) is 12.1 Å². The van der Waals surface area contributed by atoms with Gasteiger partial charge in [0.05, 0.1) is 5.02 Å². The van der Waals surface area contributed by atoms with E-state index >= 15 is 0 Å². The summed E-state index contributed by atoms with van der Waals surface area (Å²) in [5.74, 6) is 0.832. The van der Waals surface area contributed by atoms with E-state index < -0.39 is 0 Å². The Morgan fingerprint density at radius 2 is 2.21 bits per heavy atom. The van der Waals surface area contributed by atoms with Crippen LogP contribution in [0.2, 0.25) is 5.02 Å². The van der Waals surface area contributed by atoms with Gasteiger partial charge >= 0.3 is 0 Å². The number of hydrogen-bond acceptors (Lipinski definition) is 1. The van der Waals surface area contributed by atoms with E-state index in [0.29, 0.717) is 21.9 Å². The first-order valence-corrected chi connectivity index (χ1v) is 8.10. The molecule has 2 rings (SSSR count). The molecule has 0 saturated heterocycles. The zero-order valence-corrected chi connectivity index (χ0v) is 13.7. The predicted octanol–water partition coefficient (Wildman–Crippen LogP) is 5.33. The van der Waals surface area contributed by atoms with Gasteiger partial charge in [0.25, 0.3) is 0 Å². The maximum absolute atomic E-state index is 14.4. The standard InChI is InChI=1S/C15H20BrClFN/c1-3-19-15(10-6-4-5-9(10)2)11-7-8-12(16)13(17)14(11)18/h7-10,15,19H,3-6H2,1-2H3. The molecule has 106 valence electrons. The number of nitrogens with one attached hydrogen (secondary N) is 1. The first kappa shape index (κ1) is 15.3. The molecule has 1 aliphatic carbocycles. The van der Waals surface area contributed by atoms with E-state index in [9.17, 15) is 4.39 Å². The lowest BCUT2D eigenvalue weighted by atomic mass is 9.85. The van der Waals surface area contributed by atoms with Crippen LogP contribution in [0.15, 0.2) is 16.6 Å². The molecule has 0 aromatic heterocycles. The highest BCUT2D eigenvalue weighted by atomic mass is 79.9. The van der Waals surface area contributed by atoms with Crippen LogP contribution in [-0.2, 0) is 0 Å². The summed E-state index contributed by atoms with van der Waals surface area (Å²) in [5, 5.41) is 3.63. The van der Waals surface area contributed by atoms with Crippen molar-refractivity contribution in [3.8, 4) is 0 Å². The molecule has 0 amide bonds. The van der Waals surface area contributed by atoms with Gasteiger partial charge in [0.15, 0.2) is 0 Å². The van der Waals surface area contributed by atoms with Crippen LogP contribution in [-0.4, -0.2) is 6.54 Å². The smallest absolute Gasteiger partial charge is 0.147 e. The molecule has 1 fully saturated rings. The topological polar surface area (TPSA) is 12.0 Å². The van der Waals surface area contributed by atoms with Crippen molar-refractivity contribution < 1.29 is 4.39 Å². The summed E-state index contributed by atoms with van der Waals surface area (Å²) < 4.78 is 15.0. The molecule has 4 heteroatoms. The van der Waals surface area contributed by atoms with Gasteiger partial charge < -0.3 is 5.32 Å². The molecule has 1 aromatic carbocycles. The zero-order valence-electron chi connectivity index (χ0n) is 11.3. The van der Waals surface area contributed by atoms with Gasteiger partial charge in [-0.2, -0.15) is 0 Å². The average Bonchev–Trinajstić information content (AvgIpc) is 2.80. The molecule has 1 aromatic rings. The van der Waals surface area contributed by atoms with E-state index in [2.05, 4.69) is 35.1 Å². The molecule has 0 heterocycles. The van der Waals surface area contributed by atoms with Gasteiger partial charge in [-0.15, -0.1) is 0 Å². The Labute approximate surface area is 128 Å². The van der Waals surface area contributed by atoms with Crippen LogP contribution in [0.4, 0.5) is 4.39 Å². The van der Waals surface area contributed by atoms with Crippen LogP contribution in [0.25, 0.3) is 0 Å². The van der Waals surface area contributed by atoms with Crippen LogP contribution in [0.3, 0.4) is 0 Å². The molecule has 19 heavy (non-hydrogen) atoms. The van der Waals surface area contributed by atoms with Crippen molar-refractivity contribution in [1.82, 2.24) is 5.32 Å². The highest BCUT2D eigenvalue weighted by molar-refractivity contribution is 9.10. The fourth-order valence-corrected chi connectivity index (χ4v) is 3.64. The van der Waals surface area contributed by atoms with Crippen molar-refractivity contribution in [2.24, 2.45) is 11.8 Å². The summed E-state index contributed by atoms with van der Waals surface area (Å²) in [7, 11) is 0. The van der Waals surface area contributed by atoms with E-state index in [4.69, 9.17) is 11.6 Å². The first-order chi connectivity index (χ1) is 9.06. The zero-order chi connectivity index (χ0) is 14.0. The maximum atomic E-state index is 14.4. The van der Waals surface area contributed by atoms with Gasteiger partial charge in [0, 0.05) is 16.1 Å². The van der Waals surface area contributed by atoms with Crippen molar-refractivity contribution in [2.45, 2.75) is 39.2 Å². The molecule has 0 aliphatic heterocycles. The molecule has 1 N–H and O–H groups in total. The number of benzene rings is 1. The number of halogens is 3. The Morgan fingerprint density at radius 1 is 1.47 bits per heavy atom. The maximum Gasteiger partial charge on any atom is 0.147 e. The van der Waals surface area contributed by atoms with Crippen molar-refractivity contribution >= 4 is 27.5 Å². The highest BCUT2D eigenvalue weighted by Crippen LogP contribution is 2.42. The monoisotopic (exact) mass is 347 g/mol. The lowest BCUT2D eigenvalue weighted by Gasteiger charge is -2.28. The second-order valence-electron chi connectivity index (χ2n) is 5.37. The molecule has 3 unspecified atom stereocenters. The summed E-state index contributed by atoms with van der Waals surface area (Å²) in [6, 6.07) is 3.75. The van der Waals surface area contributed by atoms with Crippen LogP contribution in [0.1, 0.15) is 44.7 Å². The molecule has 1 nitrogen and oxygen atoms in total. The minimum Gasteiger partial charge on any atom is -0.310 e. The van der Waals surface area contributed by atoms with Crippen molar-refractivity contribution in [3.05, 3.63) is 33.0 Å². The quantitative estimate of drug-likeness (QED) is 0.725.